The summed E-state index contributed by atoms with van der Waals surface area (Å²) in [5.74, 6) is 1.36. The second kappa shape index (κ2) is 6.93. The molecule has 24 heavy (non-hydrogen) atoms. The van der Waals surface area contributed by atoms with E-state index in [1.165, 1.54) is 5.56 Å². The number of carbonyl (C=O) groups is 1. The highest BCUT2D eigenvalue weighted by atomic mass is 16.5. The van der Waals surface area contributed by atoms with Gasteiger partial charge in [-0.15, -0.1) is 0 Å². The van der Waals surface area contributed by atoms with Gasteiger partial charge in [0.2, 0.25) is 0 Å². The summed E-state index contributed by atoms with van der Waals surface area (Å²) in [6, 6.07) is 13.5. The first kappa shape index (κ1) is 16.3. The van der Waals surface area contributed by atoms with Crippen LogP contribution < -0.4 is 14.9 Å². The van der Waals surface area contributed by atoms with Gasteiger partial charge < -0.3 is 9.47 Å². The Balaban J connectivity index is 1.80. The largest absolute Gasteiger partial charge is 0.493 e. The zero-order valence-corrected chi connectivity index (χ0v) is 14.2. The first-order valence-corrected chi connectivity index (χ1v) is 7.98. The third-order valence-corrected chi connectivity index (χ3v) is 4.37. The fourth-order valence-corrected chi connectivity index (χ4v) is 3.00. The van der Waals surface area contributed by atoms with Gasteiger partial charge in [-0.2, -0.15) is 0 Å². The number of hydrazine groups is 1. The van der Waals surface area contributed by atoms with Gasteiger partial charge in [-0.25, -0.2) is 5.01 Å². The number of ether oxygens (including phenoxy) is 2. The molecule has 0 saturated carbocycles. The maximum Gasteiger partial charge on any atom is 0.265 e. The van der Waals surface area contributed by atoms with E-state index in [2.05, 4.69) is 12.3 Å². The molecule has 1 N–H and O–H groups in total. The van der Waals surface area contributed by atoms with Gasteiger partial charge in [0.1, 0.15) is 0 Å². The minimum absolute atomic E-state index is 0.0913. The Morgan fingerprint density at radius 1 is 1.08 bits per heavy atom. The Bertz CT molecular complexity index is 731. The molecule has 1 unspecified atom stereocenters. The number of nitrogens with zero attached hydrogens (tertiary/aromatic N) is 1. The summed E-state index contributed by atoms with van der Waals surface area (Å²) in [5, 5.41) is 1.98. The molecular weight excluding hydrogens is 304 g/mol. The molecular formula is C19H22N2O3. The van der Waals surface area contributed by atoms with E-state index < -0.39 is 0 Å². The Hall–Kier alpha value is -2.53. The van der Waals surface area contributed by atoms with Gasteiger partial charge in [0.05, 0.1) is 14.2 Å². The zero-order valence-electron chi connectivity index (χ0n) is 14.2. The highest BCUT2D eigenvalue weighted by Crippen LogP contribution is 2.34. The molecule has 126 valence electrons. The summed E-state index contributed by atoms with van der Waals surface area (Å²) in [4.78, 5) is 12.4. The third kappa shape index (κ3) is 3.21. The zero-order chi connectivity index (χ0) is 17.1. The summed E-state index contributed by atoms with van der Waals surface area (Å²) in [6.45, 7) is 2.74. The van der Waals surface area contributed by atoms with Gasteiger partial charge in [0.15, 0.2) is 11.5 Å². The van der Waals surface area contributed by atoms with Crippen molar-refractivity contribution in [1.82, 2.24) is 10.4 Å². The molecule has 1 aliphatic heterocycles. The second-order valence-corrected chi connectivity index (χ2v) is 5.96. The topological polar surface area (TPSA) is 50.8 Å². The predicted molar refractivity (Wildman–Crippen MR) is 92.2 cm³/mol. The molecule has 1 atom stereocenters. The molecule has 5 nitrogen and oxygen atoms in total. The summed E-state index contributed by atoms with van der Waals surface area (Å²) in [6.07, 6.45) is 0.838. The third-order valence-electron chi connectivity index (χ3n) is 4.37. The van der Waals surface area contributed by atoms with E-state index >= 15 is 0 Å². The molecule has 0 aliphatic carbocycles. The molecule has 1 amide bonds. The van der Waals surface area contributed by atoms with Crippen LogP contribution in [0.3, 0.4) is 0 Å². The van der Waals surface area contributed by atoms with Crippen molar-refractivity contribution < 1.29 is 14.3 Å². The molecule has 0 fully saturated rings. The molecule has 5 heteroatoms. The molecule has 0 aromatic heterocycles. The number of hydrogen-bond donors (Lipinski definition) is 1. The van der Waals surface area contributed by atoms with Gasteiger partial charge in [-0.05, 0) is 48.7 Å². The monoisotopic (exact) mass is 326 g/mol. The van der Waals surface area contributed by atoms with Crippen LogP contribution >= 0.6 is 0 Å². The highest BCUT2D eigenvalue weighted by molar-refractivity contribution is 5.93. The molecule has 3 rings (SSSR count). The van der Waals surface area contributed by atoms with E-state index in [1.54, 1.807) is 14.2 Å². The lowest BCUT2D eigenvalue weighted by molar-refractivity contribution is 0.0651. The second-order valence-electron chi connectivity index (χ2n) is 5.96. The van der Waals surface area contributed by atoms with E-state index in [0.29, 0.717) is 17.9 Å². The number of carbonyl (C=O) groups excluding carboxylic acids is 1. The normalized spacial score (nSPS) is 17.0. The van der Waals surface area contributed by atoms with Crippen LogP contribution in [-0.2, 0) is 13.0 Å². The van der Waals surface area contributed by atoms with E-state index in [0.717, 1.165) is 17.7 Å². The number of nitrogens with one attached hydrogen (secondary N) is 1. The Morgan fingerprint density at radius 3 is 2.33 bits per heavy atom. The van der Waals surface area contributed by atoms with Crippen LogP contribution in [0.5, 0.6) is 11.5 Å². The lowest BCUT2D eigenvalue weighted by Crippen LogP contribution is -2.49. The first-order chi connectivity index (χ1) is 11.6. The highest BCUT2D eigenvalue weighted by Gasteiger charge is 2.26. The number of benzene rings is 2. The predicted octanol–water partition coefficient (Wildman–Crippen LogP) is 2.80. The summed E-state index contributed by atoms with van der Waals surface area (Å²) in [7, 11) is 3.27. The Labute approximate surface area is 142 Å². The number of rotatable bonds is 4. The molecule has 1 heterocycles. The van der Waals surface area contributed by atoms with Crippen LogP contribution in [-0.4, -0.2) is 31.2 Å². The van der Waals surface area contributed by atoms with Gasteiger partial charge in [0, 0.05) is 18.2 Å². The minimum atomic E-state index is -0.0913. The van der Waals surface area contributed by atoms with Crippen molar-refractivity contribution >= 4 is 5.91 Å². The molecule has 1 aliphatic rings. The summed E-state index contributed by atoms with van der Waals surface area (Å²) < 4.78 is 10.8. The van der Waals surface area contributed by atoms with Crippen LogP contribution in [0.15, 0.2) is 42.5 Å². The molecule has 0 spiro atoms. The smallest absolute Gasteiger partial charge is 0.265 e. The minimum Gasteiger partial charge on any atom is -0.493 e. The number of hydrogen-bond acceptors (Lipinski definition) is 4. The van der Waals surface area contributed by atoms with E-state index in [1.807, 2.05) is 47.5 Å². The van der Waals surface area contributed by atoms with E-state index in [-0.39, 0.29) is 11.9 Å². The Kier molecular flexibility index (Phi) is 4.71. The van der Waals surface area contributed by atoms with Crippen molar-refractivity contribution in [3.63, 3.8) is 0 Å². The summed E-state index contributed by atoms with van der Waals surface area (Å²) >= 11 is 0. The van der Waals surface area contributed by atoms with Crippen LogP contribution in [0, 0.1) is 0 Å². The van der Waals surface area contributed by atoms with E-state index in [9.17, 15) is 4.79 Å². The van der Waals surface area contributed by atoms with Gasteiger partial charge in [-0.1, -0.05) is 18.2 Å². The molecule has 0 bridgehead atoms. The number of amides is 1. The fourth-order valence-electron chi connectivity index (χ4n) is 3.00. The standard InChI is InChI=1S/C19H22N2O3/c1-13-9-15-10-17(23-2)18(24-3)11-16(15)12-21(13)20-19(22)14-7-5-4-6-8-14/h4-8,10-11,13H,9,12H2,1-3H3,(H,20,22). The lowest BCUT2D eigenvalue weighted by atomic mass is 9.95. The van der Waals surface area contributed by atoms with Crippen molar-refractivity contribution in [2.45, 2.75) is 25.9 Å². The van der Waals surface area contributed by atoms with E-state index in [4.69, 9.17) is 9.47 Å². The quantitative estimate of drug-likeness (QED) is 0.939. The molecule has 0 saturated heterocycles. The average Bonchev–Trinajstić information content (AvgIpc) is 2.62. The first-order valence-electron chi connectivity index (χ1n) is 7.98. The maximum atomic E-state index is 12.4. The number of fused-ring (bicyclic) bond motifs is 1. The molecule has 2 aromatic carbocycles. The average molecular weight is 326 g/mol. The van der Waals surface area contributed by atoms with Crippen molar-refractivity contribution in [3.05, 3.63) is 59.2 Å². The van der Waals surface area contributed by atoms with Gasteiger partial charge >= 0.3 is 0 Å². The maximum absolute atomic E-state index is 12.4. The van der Waals surface area contributed by atoms with Gasteiger partial charge in [-0.3, -0.25) is 10.2 Å². The van der Waals surface area contributed by atoms with Crippen molar-refractivity contribution in [2.24, 2.45) is 0 Å². The van der Waals surface area contributed by atoms with Crippen molar-refractivity contribution in [1.29, 1.82) is 0 Å². The van der Waals surface area contributed by atoms with Crippen molar-refractivity contribution in [3.8, 4) is 11.5 Å². The van der Waals surface area contributed by atoms with Crippen molar-refractivity contribution in [2.75, 3.05) is 14.2 Å². The van der Waals surface area contributed by atoms with Crippen LogP contribution in [0.4, 0.5) is 0 Å². The molecule has 2 aromatic rings. The molecule has 0 radical (unpaired) electrons. The Morgan fingerprint density at radius 2 is 1.71 bits per heavy atom. The fraction of sp³-hybridized carbons (Fsp3) is 0.316. The lowest BCUT2D eigenvalue weighted by Gasteiger charge is -2.35. The van der Waals surface area contributed by atoms with Gasteiger partial charge in [0.25, 0.3) is 5.91 Å². The number of methoxy groups -OCH3 is 2. The SMILES string of the molecule is COc1cc2c(cc1OC)CN(NC(=O)c1ccccc1)C(C)C2. The summed E-state index contributed by atoms with van der Waals surface area (Å²) in [5.41, 5.74) is 6.03. The van der Waals surface area contributed by atoms with Crippen LogP contribution in [0.2, 0.25) is 0 Å². The van der Waals surface area contributed by atoms with Crippen LogP contribution in [0.1, 0.15) is 28.4 Å². The van der Waals surface area contributed by atoms with Crippen LogP contribution in [0.25, 0.3) is 0 Å².